The van der Waals surface area contributed by atoms with Gasteiger partial charge in [-0.15, -0.1) is 0 Å². The largest absolute Gasteiger partial charge is 0.438 e. The molecule has 2 aromatic heterocycles. The smallest absolute Gasteiger partial charge is 0.259 e. The fourth-order valence-electron chi connectivity index (χ4n) is 3.66. The summed E-state index contributed by atoms with van der Waals surface area (Å²) in [5.74, 6) is 0.512. The number of carbonyl (C=O) groups is 1. The highest BCUT2D eigenvalue weighted by atomic mass is 35.5. The van der Waals surface area contributed by atoms with Crippen LogP contribution in [-0.2, 0) is 6.54 Å². The van der Waals surface area contributed by atoms with Gasteiger partial charge in [-0.1, -0.05) is 29.8 Å². The Hall–Kier alpha value is -4.15. The van der Waals surface area contributed by atoms with Crippen LogP contribution in [0.5, 0.6) is 11.6 Å². The molecule has 2 aromatic carbocycles. The summed E-state index contributed by atoms with van der Waals surface area (Å²) in [4.78, 5) is 17.2. The molecule has 0 unspecified atom stereocenters. The van der Waals surface area contributed by atoms with Gasteiger partial charge in [0.1, 0.15) is 17.4 Å². The molecule has 0 saturated carbocycles. The van der Waals surface area contributed by atoms with Gasteiger partial charge in [0.15, 0.2) is 0 Å². The molecule has 0 aliphatic carbocycles. The lowest BCUT2D eigenvalue weighted by molar-refractivity contribution is 0.102. The predicted molar refractivity (Wildman–Crippen MR) is 130 cm³/mol. The Morgan fingerprint density at radius 2 is 1.94 bits per heavy atom. The Morgan fingerprint density at radius 3 is 2.68 bits per heavy atom. The lowest BCUT2D eigenvalue weighted by Crippen LogP contribution is -2.15. The van der Waals surface area contributed by atoms with Crippen LogP contribution < -0.4 is 10.1 Å². The highest BCUT2D eigenvalue weighted by molar-refractivity contribution is 6.31. The van der Waals surface area contributed by atoms with Crippen molar-refractivity contribution in [3.8, 4) is 17.7 Å². The van der Waals surface area contributed by atoms with Crippen LogP contribution >= 0.6 is 11.6 Å². The van der Waals surface area contributed by atoms with E-state index in [4.69, 9.17) is 16.3 Å². The zero-order valence-electron chi connectivity index (χ0n) is 19.0. The molecule has 0 aliphatic rings. The Kier molecular flexibility index (Phi) is 6.62. The molecule has 4 rings (SSSR count). The summed E-state index contributed by atoms with van der Waals surface area (Å²) in [5, 5.41) is 17.4. The van der Waals surface area contributed by atoms with Gasteiger partial charge in [-0.3, -0.25) is 9.48 Å². The third-order valence-electron chi connectivity index (χ3n) is 5.44. The second-order valence-corrected chi connectivity index (χ2v) is 8.20. The van der Waals surface area contributed by atoms with E-state index in [1.165, 1.54) is 0 Å². The lowest BCUT2D eigenvalue weighted by Gasteiger charge is -2.12. The summed E-state index contributed by atoms with van der Waals surface area (Å²) in [6, 6.07) is 18.2. The number of pyridine rings is 1. The first kappa shape index (κ1) is 23.0. The van der Waals surface area contributed by atoms with Crippen LogP contribution in [0.15, 0.2) is 60.8 Å². The van der Waals surface area contributed by atoms with Gasteiger partial charge in [0, 0.05) is 22.6 Å². The minimum Gasteiger partial charge on any atom is -0.438 e. The first-order valence-corrected chi connectivity index (χ1v) is 11.0. The molecule has 1 amide bonds. The van der Waals surface area contributed by atoms with E-state index in [0.717, 1.165) is 16.8 Å². The predicted octanol–water partition coefficient (Wildman–Crippen LogP) is 5.82. The van der Waals surface area contributed by atoms with Crippen LogP contribution in [0.4, 0.5) is 5.69 Å². The average Bonchev–Trinajstić information content (AvgIpc) is 3.10. The van der Waals surface area contributed by atoms with Crippen LogP contribution in [0.3, 0.4) is 0 Å². The molecule has 0 aliphatic heterocycles. The van der Waals surface area contributed by atoms with Crippen LogP contribution in [0, 0.1) is 32.1 Å². The first-order chi connectivity index (χ1) is 16.4. The van der Waals surface area contributed by atoms with E-state index in [1.54, 1.807) is 41.2 Å². The zero-order valence-corrected chi connectivity index (χ0v) is 19.7. The quantitative estimate of drug-likeness (QED) is 0.382. The number of ether oxygens (including phenoxy) is 1. The van der Waals surface area contributed by atoms with Crippen LogP contribution in [0.1, 0.15) is 38.4 Å². The first-order valence-electron chi connectivity index (χ1n) is 10.6. The van der Waals surface area contributed by atoms with Crippen molar-refractivity contribution in [3.63, 3.8) is 0 Å². The maximum Gasteiger partial charge on any atom is 0.259 e. The van der Waals surface area contributed by atoms with E-state index < -0.39 is 0 Å². The minimum atomic E-state index is -0.242. The fraction of sp³-hybridized carbons (Fsp3) is 0.154. The van der Waals surface area contributed by atoms with Gasteiger partial charge in [0.05, 0.1) is 17.8 Å². The number of aryl methyl sites for hydroxylation is 2. The fourth-order valence-corrected chi connectivity index (χ4v) is 3.86. The highest BCUT2D eigenvalue weighted by Crippen LogP contribution is 2.27. The highest BCUT2D eigenvalue weighted by Gasteiger charge is 2.20. The van der Waals surface area contributed by atoms with E-state index >= 15 is 0 Å². The van der Waals surface area contributed by atoms with Crippen molar-refractivity contribution < 1.29 is 9.53 Å². The third kappa shape index (κ3) is 4.77. The number of hydrogen-bond acceptors (Lipinski definition) is 5. The Bertz CT molecular complexity index is 1420. The second kappa shape index (κ2) is 9.77. The Balaban J connectivity index is 1.52. The molecular weight excluding hydrogens is 450 g/mol. The van der Waals surface area contributed by atoms with E-state index in [1.807, 2.05) is 45.0 Å². The monoisotopic (exact) mass is 471 g/mol. The van der Waals surface area contributed by atoms with Crippen molar-refractivity contribution in [3.05, 3.63) is 99.5 Å². The summed E-state index contributed by atoms with van der Waals surface area (Å²) < 4.78 is 7.55. The van der Waals surface area contributed by atoms with E-state index in [9.17, 15) is 10.1 Å². The zero-order chi connectivity index (χ0) is 24.2. The summed E-state index contributed by atoms with van der Waals surface area (Å²) in [6.45, 7) is 6.03. The van der Waals surface area contributed by atoms with Gasteiger partial charge in [-0.2, -0.15) is 10.4 Å². The molecule has 0 spiro atoms. The Morgan fingerprint density at radius 1 is 1.15 bits per heavy atom. The number of amides is 1. The summed E-state index contributed by atoms with van der Waals surface area (Å²) in [6.07, 6.45) is 1.56. The van der Waals surface area contributed by atoms with Crippen molar-refractivity contribution in [1.82, 2.24) is 14.8 Å². The van der Waals surface area contributed by atoms with Crippen LogP contribution in [0.2, 0.25) is 5.02 Å². The summed E-state index contributed by atoms with van der Waals surface area (Å²) in [5.41, 5.74) is 4.65. The SMILES string of the molecule is Cc1cc(Oc2ncccc2C#N)ccc1NC(=O)c1c(C)nn(Cc2ccccc2Cl)c1C. The van der Waals surface area contributed by atoms with Gasteiger partial charge in [0.25, 0.3) is 5.91 Å². The number of halogens is 1. The summed E-state index contributed by atoms with van der Waals surface area (Å²) >= 11 is 6.29. The molecule has 0 fully saturated rings. The number of nitriles is 1. The lowest BCUT2D eigenvalue weighted by atomic mass is 10.1. The number of carbonyl (C=O) groups excluding carboxylic acids is 1. The molecule has 0 saturated heterocycles. The maximum absolute atomic E-state index is 13.1. The molecule has 0 bridgehead atoms. The molecule has 34 heavy (non-hydrogen) atoms. The van der Waals surface area contributed by atoms with Crippen molar-refractivity contribution in [2.24, 2.45) is 0 Å². The van der Waals surface area contributed by atoms with Gasteiger partial charge in [0.2, 0.25) is 5.88 Å². The maximum atomic E-state index is 13.1. The normalized spacial score (nSPS) is 10.6. The number of benzene rings is 2. The number of hydrogen-bond donors (Lipinski definition) is 1. The molecule has 170 valence electrons. The molecule has 4 aromatic rings. The van der Waals surface area contributed by atoms with Crippen LogP contribution in [-0.4, -0.2) is 20.7 Å². The molecule has 2 heterocycles. The molecule has 0 atom stereocenters. The van der Waals surface area contributed by atoms with E-state index in [2.05, 4.69) is 21.5 Å². The van der Waals surface area contributed by atoms with Crippen molar-refractivity contribution >= 4 is 23.2 Å². The van der Waals surface area contributed by atoms with Gasteiger partial charge in [-0.05, 0) is 68.3 Å². The van der Waals surface area contributed by atoms with Crippen LogP contribution in [0.25, 0.3) is 0 Å². The summed E-state index contributed by atoms with van der Waals surface area (Å²) in [7, 11) is 0. The Labute approximate surface area is 202 Å². The average molecular weight is 472 g/mol. The number of rotatable bonds is 6. The van der Waals surface area contributed by atoms with Gasteiger partial charge < -0.3 is 10.1 Å². The molecule has 1 N–H and O–H groups in total. The van der Waals surface area contributed by atoms with Crippen molar-refractivity contribution in [2.75, 3.05) is 5.32 Å². The topological polar surface area (TPSA) is 92.8 Å². The van der Waals surface area contributed by atoms with Gasteiger partial charge in [-0.25, -0.2) is 4.98 Å². The number of anilines is 1. The third-order valence-corrected chi connectivity index (χ3v) is 5.81. The minimum absolute atomic E-state index is 0.235. The van der Waals surface area contributed by atoms with E-state index in [-0.39, 0.29) is 11.8 Å². The van der Waals surface area contributed by atoms with E-state index in [0.29, 0.717) is 39.8 Å². The molecule has 8 heteroatoms. The molecule has 7 nitrogen and oxygen atoms in total. The number of nitrogens with zero attached hydrogens (tertiary/aromatic N) is 4. The standard InChI is InChI=1S/C26H22ClN5O2/c1-16-13-21(34-26-19(14-28)8-6-12-29-26)10-11-23(16)30-25(33)24-17(2)31-32(18(24)3)15-20-7-4-5-9-22(20)27/h4-13H,15H2,1-3H3,(H,30,33). The molecular formula is C26H22ClN5O2. The number of nitrogens with one attached hydrogen (secondary N) is 1. The van der Waals surface area contributed by atoms with Crippen molar-refractivity contribution in [2.45, 2.75) is 27.3 Å². The second-order valence-electron chi connectivity index (χ2n) is 7.80. The number of aromatic nitrogens is 3. The molecule has 0 radical (unpaired) electrons. The van der Waals surface area contributed by atoms with Gasteiger partial charge >= 0.3 is 0 Å². The van der Waals surface area contributed by atoms with Crippen molar-refractivity contribution in [1.29, 1.82) is 5.26 Å².